The summed E-state index contributed by atoms with van der Waals surface area (Å²) in [6, 6.07) is 15.9. The van der Waals surface area contributed by atoms with E-state index in [4.69, 9.17) is 16.9 Å². The van der Waals surface area contributed by atoms with E-state index in [2.05, 4.69) is 22.9 Å². The highest BCUT2D eigenvalue weighted by molar-refractivity contribution is 6.32. The molecule has 2 heterocycles. The number of hydrogen-bond acceptors (Lipinski definition) is 4. The molecule has 0 atom stereocenters. The smallest absolute Gasteiger partial charge is 0.253 e. The largest absolute Gasteiger partial charge is 0.358 e. The number of nitrogens with zero attached hydrogens (tertiary/aromatic N) is 3. The Kier molecular flexibility index (Phi) is 8.51. The molecular formula is C30H35ClN4O. The van der Waals surface area contributed by atoms with Gasteiger partial charge in [0.25, 0.3) is 5.91 Å². The van der Waals surface area contributed by atoms with Gasteiger partial charge in [0.2, 0.25) is 0 Å². The van der Waals surface area contributed by atoms with E-state index in [1.165, 1.54) is 25.1 Å². The van der Waals surface area contributed by atoms with Crippen LogP contribution in [0.1, 0.15) is 71.1 Å². The number of rotatable bonds is 8. The number of nitrogens with one attached hydrogen (secondary N) is 1. The molecular weight excluding hydrogens is 468 g/mol. The number of amides is 1. The molecule has 4 rings (SSSR count). The summed E-state index contributed by atoms with van der Waals surface area (Å²) in [5, 5.41) is 13.1. The summed E-state index contributed by atoms with van der Waals surface area (Å²) in [5.74, 6) is 0.466. The van der Waals surface area contributed by atoms with Crippen LogP contribution in [0.4, 0.5) is 0 Å². The molecule has 1 N–H and O–H groups in total. The van der Waals surface area contributed by atoms with E-state index in [-0.39, 0.29) is 5.91 Å². The molecule has 0 bridgehead atoms. The average Bonchev–Trinajstić information content (AvgIpc) is 2.86. The molecule has 5 nitrogen and oxygen atoms in total. The van der Waals surface area contributed by atoms with Gasteiger partial charge in [-0.3, -0.25) is 4.79 Å². The minimum Gasteiger partial charge on any atom is -0.358 e. The van der Waals surface area contributed by atoms with Crippen molar-refractivity contribution in [3.05, 3.63) is 87.6 Å². The van der Waals surface area contributed by atoms with E-state index in [0.717, 1.165) is 61.4 Å². The van der Waals surface area contributed by atoms with Crippen molar-refractivity contribution in [3.63, 3.8) is 0 Å². The van der Waals surface area contributed by atoms with E-state index >= 15 is 0 Å². The van der Waals surface area contributed by atoms with E-state index in [9.17, 15) is 4.79 Å². The lowest BCUT2D eigenvalue weighted by Gasteiger charge is -2.32. The van der Waals surface area contributed by atoms with Crippen molar-refractivity contribution in [1.29, 1.82) is 5.26 Å². The minimum atomic E-state index is 0.0534. The Morgan fingerprint density at radius 3 is 2.42 bits per heavy atom. The minimum absolute atomic E-state index is 0.0534. The van der Waals surface area contributed by atoms with Gasteiger partial charge < -0.3 is 15.1 Å². The quantitative estimate of drug-likeness (QED) is 0.480. The van der Waals surface area contributed by atoms with Crippen molar-refractivity contribution in [3.8, 4) is 6.07 Å². The van der Waals surface area contributed by atoms with Gasteiger partial charge >= 0.3 is 0 Å². The van der Waals surface area contributed by atoms with Gasteiger partial charge in [-0.25, -0.2) is 0 Å². The van der Waals surface area contributed by atoms with Crippen molar-refractivity contribution in [2.75, 3.05) is 32.7 Å². The highest BCUT2D eigenvalue weighted by atomic mass is 35.5. The van der Waals surface area contributed by atoms with Crippen LogP contribution < -0.4 is 5.32 Å². The number of hydrogen-bond donors (Lipinski definition) is 1. The summed E-state index contributed by atoms with van der Waals surface area (Å²) in [7, 11) is 0. The molecule has 0 aromatic heterocycles. The Labute approximate surface area is 220 Å². The number of carbonyl (C=O) groups excluding carboxylic acids is 1. The lowest BCUT2D eigenvalue weighted by atomic mass is 9.88. The molecule has 0 saturated carbocycles. The zero-order valence-corrected chi connectivity index (χ0v) is 22.1. The molecule has 2 aliphatic rings. The van der Waals surface area contributed by atoms with Crippen molar-refractivity contribution >= 4 is 23.2 Å². The lowest BCUT2D eigenvalue weighted by molar-refractivity contribution is 0.0713. The van der Waals surface area contributed by atoms with Crippen LogP contribution in [0.25, 0.3) is 5.70 Å². The van der Waals surface area contributed by atoms with Crippen molar-refractivity contribution < 1.29 is 4.79 Å². The van der Waals surface area contributed by atoms with Crippen LogP contribution in [-0.4, -0.2) is 48.4 Å². The van der Waals surface area contributed by atoms with Gasteiger partial charge in [-0.15, -0.1) is 0 Å². The van der Waals surface area contributed by atoms with Gasteiger partial charge in [0.15, 0.2) is 0 Å². The first-order valence-corrected chi connectivity index (χ1v) is 13.2. The fraction of sp³-hybridized carbons (Fsp3) is 0.400. The van der Waals surface area contributed by atoms with Crippen LogP contribution in [-0.2, 0) is 0 Å². The Hall–Kier alpha value is -3.07. The van der Waals surface area contributed by atoms with Crippen LogP contribution in [0.15, 0.2) is 59.8 Å². The number of likely N-dealkylation sites (tertiary alicyclic amines) is 2. The van der Waals surface area contributed by atoms with E-state index in [0.29, 0.717) is 22.1 Å². The molecule has 2 aromatic carbocycles. The van der Waals surface area contributed by atoms with Crippen LogP contribution in [0.3, 0.4) is 0 Å². The first kappa shape index (κ1) is 26.0. The van der Waals surface area contributed by atoms with E-state index in [1.807, 2.05) is 61.2 Å². The maximum atomic E-state index is 13.4. The summed E-state index contributed by atoms with van der Waals surface area (Å²) < 4.78 is 0. The second-order valence-corrected chi connectivity index (χ2v) is 10.5. The second-order valence-electron chi connectivity index (χ2n) is 9.91. The predicted molar refractivity (Wildman–Crippen MR) is 147 cm³/mol. The van der Waals surface area contributed by atoms with Gasteiger partial charge in [0.1, 0.15) is 0 Å². The molecule has 2 aromatic rings. The van der Waals surface area contributed by atoms with Crippen molar-refractivity contribution in [1.82, 2.24) is 15.1 Å². The standard InChI is InChI=1S/C30H35ClN4O/c1-21-5-8-27(19-28(21)29(23(3)31)33-22(2)11-16-34-14-4-15-34)30(36)35-17-12-26(13-18-35)25-9-6-24(20-32)7-10-25/h5-10,19,26,33H,2,4,11-18H2,1,3H3/b29-23+. The zero-order valence-electron chi connectivity index (χ0n) is 21.3. The fourth-order valence-electron chi connectivity index (χ4n) is 4.93. The van der Waals surface area contributed by atoms with Gasteiger partial charge in [0.05, 0.1) is 17.3 Å². The maximum absolute atomic E-state index is 13.4. The van der Waals surface area contributed by atoms with Crippen LogP contribution in [0, 0.1) is 18.3 Å². The van der Waals surface area contributed by atoms with Crippen molar-refractivity contribution in [2.24, 2.45) is 0 Å². The first-order chi connectivity index (χ1) is 17.4. The summed E-state index contributed by atoms with van der Waals surface area (Å²) in [4.78, 5) is 17.8. The van der Waals surface area contributed by atoms with Gasteiger partial charge in [-0.2, -0.15) is 5.26 Å². The SMILES string of the molecule is C=C(CCN1CCC1)N/C(=C(\C)Cl)c1cc(C(=O)N2CCC(c3ccc(C#N)cc3)CC2)ccc1C. The number of allylic oxidation sites excluding steroid dienone is 1. The molecule has 0 aliphatic carbocycles. The highest BCUT2D eigenvalue weighted by Gasteiger charge is 2.25. The van der Waals surface area contributed by atoms with Crippen LogP contribution >= 0.6 is 11.6 Å². The Balaban J connectivity index is 1.42. The van der Waals surface area contributed by atoms with E-state index < -0.39 is 0 Å². The molecule has 188 valence electrons. The number of piperidine rings is 1. The van der Waals surface area contributed by atoms with Crippen LogP contribution in [0.2, 0.25) is 0 Å². The summed E-state index contributed by atoms with van der Waals surface area (Å²) in [6.45, 7) is 12.9. The highest BCUT2D eigenvalue weighted by Crippen LogP contribution is 2.30. The Morgan fingerprint density at radius 2 is 1.83 bits per heavy atom. The van der Waals surface area contributed by atoms with Gasteiger partial charge in [-0.05, 0) is 93.9 Å². The van der Waals surface area contributed by atoms with Crippen LogP contribution in [0.5, 0.6) is 0 Å². The summed E-state index contributed by atoms with van der Waals surface area (Å²) >= 11 is 6.52. The molecule has 0 radical (unpaired) electrons. The zero-order chi connectivity index (χ0) is 25.7. The van der Waals surface area contributed by atoms with Crippen molar-refractivity contribution in [2.45, 2.75) is 45.4 Å². The second kappa shape index (κ2) is 11.8. The third-order valence-electron chi connectivity index (χ3n) is 7.37. The summed E-state index contributed by atoms with van der Waals surface area (Å²) in [6.07, 6.45) is 3.97. The third-order valence-corrected chi connectivity index (χ3v) is 7.56. The first-order valence-electron chi connectivity index (χ1n) is 12.8. The van der Waals surface area contributed by atoms with E-state index in [1.54, 1.807) is 0 Å². The number of halogens is 1. The molecule has 6 heteroatoms. The summed E-state index contributed by atoms with van der Waals surface area (Å²) in [5.41, 5.74) is 6.34. The number of nitriles is 1. The normalized spacial score (nSPS) is 17.1. The molecule has 1 amide bonds. The monoisotopic (exact) mass is 502 g/mol. The lowest BCUT2D eigenvalue weighted by Crippen LogP contribution is -2.38. The van der Waals surface area contributed by atoms with Gasteiger partial charge in [-0.1, -0.05) is 36.4 Å². The number of benzene rings is 2. The fourth-order valence-corrected chi connectivity index (χ4v) is 5.08. The number of aryl methyl sites for hydroxylation is 1. The molecule has 0 unspecified atom stereocenters. The molecule has 2 aliphatic heterocycles. The average molecular weight is 503 g/mol. The van der Waals surface area contributed by atoms with Gasteiger partial charge in [0, 0.05) is 41.5 Å². The third kappa shape index (κ3) is 6.19. The predicted octanol–water partition coefficient (Wildman–Crippen LogP) is 6.01. The Morgan fingerprint density at radius 1 is 1.14 bits per heavy atom. The number of carbonyl (C=O) groups is 1. The molecule has 2 saturated heterocycles. The molecule has 0 spiro atoms. The molecule has 2 fully saturated rings. The molecule has 36 heavy (non-hydrogen) atoms. The topological polar surface area (TPSA) is 59.4 Å². The Bertz CT molecular complexity index is 1180. The maximum Gasteiger partial charge on any atom is 0.253 e.